The highest BCUT2D eigenvalue weighted by Crippen LogP contribution is 2.49. The van der Waals surface area contributed by atoms with Gasteiger partial charge in [-0.2, -0.15) is 0 Å². The molecule has 2 aliphatic heterocycles. The van der Waals surface area contributed by atoms with Crippen molar-refractivity contribution in [2.75, 3.05) is 31.7 Å². The number of hydrogen-bond donors (Lipinski definition) is 2. The van der Waals surface area contributed by atoms with Gasteiger partial charge in [0.05, 0.1) is 29.6 Å². The third-order valence-electron chi connectivity index (χ3n) is 11.1. The Balaban J connectivity index is 1.44. The summed E-state index contributed by atoms with van der Waals surface area (Å²) in [4.78, 5) is 14.6. The van der Waals surface area contributed by atoms with Crippen molar-refractivity contribution < 1.29 is 27.8 Å². The van der Waals surface area contributed by atoms with Gasteiger partial charge >= 0.3 is 5.97 Å². The van der Waals surface area contributed by atoms with Crippen molar-refractivity contribution in [2.24, 2.45) is 17.8 Å². The van der Waals surface area contributed by atoms with Gasteiger partial charge in [-0.15, -0.1) is 0 Å². The summed E-state index contributed by atoms with van der Waals surface area (Å²) in [5.41, 5.74) is 3.13. The van der Waals surface area contributed by atoms with Crippen molar-refractivity contribution in [1.29, 1.82) is 0 Å². The van der Waals surface area contributed by atoms with E-state index in [4.69, 9.17) is 21.1 Å². The van der Waals surface area contributed by atoms with Crippen LogP contribution in [0.1, 0.15) is 69.1 Å². The van der Waals surface area contributed by atoms with Gasteiger partial charge < -0.3 is 19.5 Å². The lowest BCUT2D eigenvalue weighted by molar-refractivity contribution is -0.148. The maximum atomic E-state index is 13.3. The molecule has 244 valence electrons. The number of benzene rings is 2. The fourth-order valence-corrected chi connectivity index (χ4v) is 9.67. The number of halogens is 1. The maximum Gasteiger partial charge on any atom is 0.306 e. The molecular weight excluding hydrogens is 612 g/mol. The van der Waals surface area contributed by atoms with Crippen LogP contribution < -0.4 is 14.4 Å². The topological polar surface area (TPSA) is 105 Å². The monoisotopic (exact) mass is 656 g/mol. The Hall–Kier alpha value is -2.59. The van der Waals surface area contributed by atoms with Gasteiger partial charge in [0, 0.05) is 37.2 Å². The van der Waals surface area contributed by atoms with Crippen LogP contribution in [0.4, 0.5) is 5.69 Å². The molecule has 0 aromatic heterocycles. The van der Waals surface area contributed by atoms with Crippen molar-refractivity contribution in [3.63, 3.8) is 0 Å². The number of carboxylic acids is 1. The first-order chi connectivity index (χ1) is 21.4. The van der Waals surface area contributed by atoms with E-state index < -0.39 is 26.8 Å². The first-order valence-electron chi connectivity index (χ1n) is 16.2. The van der Waals surface area contributed by atoms with Crippen molar-refractivity contribution in [1.82, 2.24) is 4.72 Å². The third kappa shape index (κ3) is 6.25. The SMILES string of the molecule is CO[C@@]1(CC(=O)O)/C=C/C[C@H](C)[C@@H](C)S(=O)(=O)NCc2ccc3c(c2)N(C[C@@H]2CC[C@H]21)C[C@@]1(CCCc2cc(Cl)ccc21)CO3. The van der Waals surface area contributed by atoms with E-state index in [0.29, 0.717) is 19.6 Å². The number of aryl methyl sites for hydroxylation is 1. The minimum Gasteiger partial charge on any atom is -0.490 e. The molecule has 10 heteroatoms. The molecule has 2 N–H and O–H groups in total. The number of methoxy groups -OCH3 is 1. The molecule has 2 aromatic carbocycles. The number of rotatable bonds is 3. The lowest BCUT2D eigenvalue weighted by Crippen LogP contribution is -2.53. The normalized spacial score (nSPS) is 33.6. The van der Waals surface area contributed by atoms with Crippen LogP contribution in [0, 0.1) is 17.8 Å². The van der Waals surface area contributed by atoms with Gasteiger partial charge in [-0.25, -0.2) is 13.1 Å². The molecule has 0 radical (unpaired) electrons. The minimum atomic E-state index is -3.61. The molecule has 6 atom stereocenters. The van der Waals surface area contributed by atoms with E-state index in [0.717, 1.165) is 60.7 Å². The largest absolute Gasteiger partial charge is 0.490 e. The van der Waals surface area contributed by atoms with Gasteiger partial charge in [-0.1, -0.05) is 42.8 Å². The molecule has 1 spiro atoms. The molecule has 2 heterocycles. The van der Waals surface area contributed by atoms with Gasteiger partial charge in [0.1, 0.15) is 5.75 Å². The Labute approximate surface area is 272 Å². The molecule has 1 fully saturated rings. The number of nitrogens with zero attached hydrogens (tertiary/aromatic N) is 1. The molecule has 0 amide bonds. The Morgan fingerprint density at radius 3 is 2.76 bits per heavy atom. The van der Waals surface area contributed by atoms with E-state index in [1.807, 2.05) is 37.3 Å². The van der Waals surface area contributed by atoms with E-state index in [-0.39, 0.29) is 36.1 Å². The number of hydrogen-bond acceptors (Lipinski definition) is 6. The van der Waals surface area contributed by atoms with Crippen LogP contribution in [-0.2, 0) is 37.9 Å². The Bertz CT molecular complexity index is 1580. The summed E-state index contributed by atoms with van der Waals surface area (Å²) in [7, 11) is -2.02. The Kier molecular flexibility index (Phi) is 9.02. The summed E-state index contributed by atoms with van der Waals surface area (Å²) >= 11 is 6.43. The van der Waals surface area contributed by atoms with Crippen LogP contribution in [-0.4, -0.2) is 57.2 Å². The number of sulfonamides is 1. The third-order valence-corrected chi connectivity index (χ3v) is 13.3. The van der Waals surface area contributed by atoms with E-state index in [9.17, 15) is 18.3 Å². The lowest BCUT2D eigenvalue weighted by atomic mass is 9.63. The number of fused-ring (bicyclic) bond motifs is 4. The predicted molar refractivity (Wildman–Crippen MR) is 177 cm³/mol. The number of nitrogens with one attached hydrogen (secondary N) is 1. The van der Waals surface area contributed by atoms with E-state index in [2.05, 4.69) is 27.8 Å². The van der Waals surface area contributed by atoms with Gasteiger partial charge in [0.25, 0.3) is 0 Å². The molecule has 0 unspecified atom stereocenters. The maximum absolute atomic E-state index is 13.3. The molecule has 8 nitrogen and oxygen atoms in total. The zero-order valence-electron chi connectivity index (χ0n) is 26.4. The number of allylic oxidation sites excluding steroid dienone is 1. The van der Waals surface area contributed by atoms with Gasteiger partial charge in [0.2, 0.25) is 10.0 Å². The van der Waals surface area contributed by atoms with Crippen LogP contribution in [0.5, 0.6) is 5.75 Å². The van der Waals surface area contributed by atoms with Crippen LogP contribution in [0.25, 0.3) is 0 Å². The summed E-state index contributed by atoms with van der Waals surface area (Å²) in [6, 6.07) is 12.2. The average molecular weight is 657 g/mol. The average Bonchev–Trinajstić information content (AvgIpc) is 3.13. The second kappa shape index (κ2) is 12.5. The number of ether oxygens (including phenoxy) is 2. The molecule has 6 rings (SSSR count). The fraction of sp³-hybridized carbons (Fsp3) is 0.571. The summed E-state index contributed by atoms with van der Waals surface area (Å²) in [5.74, 6) is -0.100. The minimum absolute atomic E-state index is 0.00471. The van der Waals surface area contributed by atoms with Gasteiger partial charge in [-0.3, -0.25) is 4.79 Å². The molecule has 4 aliphatic rings. The zero-order chi connectivity index (χ0) is 32.0. The first-order valence-corrected chi connectivity index (χ1v) is 18.1. The van der Waals surface area contributed by atoms with Crippen molar-refractivity contribution in [3.8, 4) is 5.75 Å². The van der Waals surface area contributed by atoms with Crippen LogP contribution in [0.3, 0.4) is 0 Å². The van der Waals surface area contributed by atoms with Crippen molar-refractivity contribution in [3.05, 3.63) is 70.3 Å². The first kappa shape index (κ1) is 32.4. The zero-order valence-corrected chi connectivity index (χ0v) is 28.0. The molecule has 1 saturated carbocycles. The summed E-state index contributed by atoms with van der Waals surface area (Å²) < 4.78 is 42.3. The Morgan fingerprint density at radius 2 is 2.02 bits per heavy atom. The Morgan fingerprint density at radius 1 is 1.20 bits per heavy atom. The molecule has 45 heavy (non-hydrogen) atoms. The lowest BCUT2D eigenvalue weighted by Gasteiger charge is -2.50. The van der Waals surface area contributed by atoms with Crippen LogP contribution in [0.15, 0.2) is 48.6 Å². The van der Waals surface area contributed by atoms with Crippen LogP contribution >= 0.6 is 11.6 Å². The molecule has 2 bridgehead atoms. The van der Waals surface area contributed by atoms with E-state index in [1.54, 1.807) is 14.0 Å². The fourth-order valence-electron chi connectivity index (χ4n) is 8.12. The van der Waals surface area contributed by atoms with Crippen molar-refractivity contribution >= 4 is 33.3 Å². The molecule has 0 saturated heterocycles. The standard InChI is InChI=1S/C35H45ClN2O6S/c1-23-6-4-15-35(43-3,18-33(39)40)30-11-9-27(30)20-38-21-34(14-5-7-26-17-28(36)10-12-29(26)34)22-44-32-13-8-25(16-31(32)38)19-37-45(41,42)24(23)2/h4,8,10,12-13,15-17,23-24,27,30,37H,5-7,9,11,14,18-22H2,1-3H3,(H,39,40)/b15-4+/t23-,24+,27-,30+,34-,35+/m0/s1. The quantitative estimate of drug-likeness (QED) is 0.385. The van der Waals surface area contributed by atoms with E-state index >= 15 is 0 Å². The number of aliphatic carboxylic acids is 1. The highest BCUT2D eigenvalue weighted by molar-refractivity contribution is 7.90. The second-order valence-corrected chi connectivity index (χ2v) is 16.3. The second-order valence-electron chi connectivity index (χ2n) is 13.8. The number of anilines is 1. The van der Waals surface area contributed by atoms with E-state index in [1.165, 1.54) is 11.1 Å². The smallest absolute Gasteiger partial charge is 0.306 e. The summed E-state index contributed by atoms with van der Waals surface area (Å²) in [6.45, 7) is 5.82. The van der Waals surface area contributed by atoms with Gasteiger partial charge in [0.15, 0.2) is 0 Å². The number of carboxylic acid groups (broad SMARTS) is 1. The molecular formula is C35H45ClN2O6S. The number of carbonyl (C=O) groups is 1. The highest BCUT2D eigenvalue weighted by atomic mass is 35.5. The predicted octanol–water partition coefficient (Wildman–Crippen LogP) is 6.10. The molecule has 2 aliphatic carbocycles. The van der Waals surface area contributed by atoms with Crippen LogP contribution in [0.2, 0.25) is 5.02 Å². The van der Waals surface area contributed by atoms with Crippen molar-refractivity contribution in [2.45, 2.75) is 81.6 Å². The summed E-state index contributed by atoms with van der Waals surface area (Å²) in [6.07, 6.45) is 9.03. The van der Waals surface area contributed by atoms with Gasteiger partial charge in [-0.05, 0) is 104 Å². The molecule has 2 aromatic rings. The highest BCUT2D eigenvalue weighted by Gasteiger charge is 2.50. The summed E-state index contributed by atoms with van der Waals surface area (Å²) in [5, 5.41) is 10.1.